The molecule has 0 saturated carbocycles. The number of anilines is 1. The first-order chi connectivity index (χ1) is 9.56. The molecule has 1 heterocycles. The molecule has 2 nitrogen and oxygen atoms in total. The summed E-state index contributed by atoms with van der Waals surface area (Å²) in [5.41, 5.74) is 3.49. The van der Waals surface area contributed by atoms with Gasteiger partial charge >= 0.3 is 0 Å². The minimum atomic E-state index is 0.311. The van der Waals surface area contributed by atoms with Crippen LogP contribution in [0.25, 0.3) is 0 Å². The molecule has 108 valence electrons. The standard InChI is InChI=1S/C17H23NOS/c1-6-14-8-10-16(20-14)13(4)18-15-9-7-11(2)17(19-5)12(15)3/h7-10,13,18H,6H2,1-5H3. The molecule has 0 spiro atoms. The maximum absolute atomic E-state index is 5.49. The van der Waals surface area contributed by atoms with Crippen molar-refractivity contribution in [2.24, 2.45) is 0 Å². The topological polar surface area (TPSA) is 21.3 Å². The first kappa shape index (κ1) is 14.9. The third-order valence-corrected chi connectivity index (χ3v) is 5.05. The van der Waals surface area contributed by atoms with E-state index in [0.29, 0.717) is 6.04 Å². The monoisotopic (exact) mass is 289 g/mol. The highest BCUT2D eigenvalue weighted by Crippen LogP contribution is 2.32. The summed E-state index contributed by atoms with van der Waals surface area (Å²) in [6.45, 7) is 8.58. The van der Waals surface area contributed by atoms with E-state index in [1.54, 1.807) is 7.11 Å². The maximum atomic E-state index is 5.49. The minimum Gasteiger partial charge on any atom is -0.496 e. The van der Waals surface area contributed by atoms with Crippen LogP contribution in [-0.2, 0) is 6.42 Å². The molecule has 20 heavy (non-hydrogen) atoms. The van der Waals surface area contributed by atoms with Crippen LogP contribution < -0.4 is 10.1 Å². The second-order valence-corrected chi connectivity index (χ2v) is 6.31. The van der Waals surface area contributed by atoms with E-state index in [1.807, 2.05) is 11.3 Å². The highest BCUT2D eigenvalue weighted by atomic mass is 32.1. The van der Waals surface area contributed by atoms with Crippen molar-refractivity contribution in [3.63, 3.8) is 0 Å². The van der Waals surface area contributed by atoms with Crippen LogP contribution in [0.15, 0.2) is 24.3 Å². The van der Waals surface area contributed by atoms with Gasteiger partial charge in [0, 0.05) is 21.0 Å². The number of nitrogens with one attached hydrogen (secondary N) is 1. The van der Waals surface area contributed by atoms with Gasteiger partial charge in [-0.25, -0.2) is 0 Å². The fourth-order valence-corrected chi connectivity index (χ4v) is 3.37. The summed E-state index contributed by atoms with van der Waals surface area (Å²) in [6.07, 6.45) is 1.11. The zero-order chi connectivity index (χ0) is 14.7. The smallest absolute Gasteiger partial charge is 0.126 e. The second-order valence-electron chi connectivity index (χ2n) is 5.11. The Morgan fingerprint density at radius 1 is 1.20 bits per heavy atom. The number of thiophene rings is 1. The van der Waals surface area contributed by atoms with Gasteiger partial charge in [0.2, 0.25) is 0 Å². The normalized spacial score (nSPS) is 12.2. The van der Waals surface area contributed by atoms with Gasteiger partial charge < -0.3 is 10.1 Å². The highest BCUT2D eigenvalue weighted by Gasteiger charge is 2.12. The molecule has 0 aliphatic heterocycles. The van der Waals surface area contributed by atoms with Crippen LogP contribution >= 0.6 is 11.3 Å². The molecule has 0 aliphatic rings. The Bertz CT molecular complexity index is 589. The number of hydrogen-bond acceptors (Lipinski definition) is 3. The molecule has 3 heteroatoms. The molecule has 0 saturated heterocycles. The van der Waals surface area contributed by atoms with Gasteiger partial charge in [-0.15, -0.1) is 11.3 Å². The first-order valence-electron chi connectivity index (χ1n) is 7.06. The Hall–Kier alpha value is -1.48. The third kappa shape index (κ3) is 2.98. The van der Waals surface area contributed by atoms with Gasteiger partial charge in [0.15, 0.2) is 0 Å². The Morgan fingerprint density at radius 2 is 1.95 bits per heavy atom. The van der Waals surface area contributed by atoms with Crippen molar-refractivity contribution in [1.82, 2.24) is 0 Å². The number of aryl methyl sites for hydroxylation is 2. The van der Waals surface area contributed by atoms with Gasteiger partial charge in [-0.05, 0) is 51.0 Å². The predicted molar refractivity (Wildman–Crippen MR) is 88.2 cm³/mol. The molecule has 0 fully saturated rings. The van der Waals surface area contributed by atoms with E-state index in [2.05, 4.69) is 57.3 Å². The number of rotatable bonds is 5. The Labute approximate surface area is 125 Å². The molecule has 0 bridgehead atoms. The molecule has 1 aromatic heterocycles. The molecule has 1 N–H and O–H groups in total. The van der Waals surface area contributed by atoms with E-state index < -0.39 is 0 Å². The van der Waals surface area contributed by atoms with Crippen molar-refractivity contribution in [3.05, 3.63) is 45.1 Å². The van der Waals surface area contributed by atoms with Crippen molar-refractivity contribution in [1.29, 1.82) is 0 Å². The lowest BCUT2D eigenvalue weighted by atomic mass is 10.1. The van der Waals surface area contributed by atoms with Gasteiger partial charge in [0.25, 0.3) is 0 Å². The Kier molecular flexibility index (Phi) is 4.71. The quantitative estimate of drug-likeness (QED) is 0.826. The predicted octanol–water partition coefficient (Wildman–Crippen LogP) is 5.11. The summed E-state index contributed by atoms with van der Waals surface area (Å²) >= 11 is 1.89. The van der Waals surface area contributed by atoms with Crippen molar-refractivity contribution in [2.45, 2.75) is 40.2 Å². The van der Waals surface area contributed by atoms with Crippen LogP contribution in [0.2, 0.25) is 0 Å². The summed E-state index contributed by atoms with van der Waals surface area (Å²) in [4.78, 5) is 2.81. The Morgan fingerprint density at radius 3 is 2.55 bits per heavy atom. The van der Waals surface area contributed by atoms with E-state index >= 15 is 0 Å². The summed E-state index contributed by atoms with van der Waals surface area (Å²) in [5, 5.41) is 3.60. The highest BCUT2D eigenvalue weighted by molar-refractivity contribution is 7.12. The first-order valence-corrected chi connectivity index (χ1v) is 7.87. The lowest BCUT2D eigenvalue weighted by molar-refractivity contribution is 0.409. The summed E-state index contributed by atoms with van der Waals surface area (Å²) in [7, 11) is 1.73. The summed E-state index contributed by atoms with van der Waals surface area (Å²) in [5.74, 6) is 0.975. The number of hydrogen-bond donors (Lipinski definition) is 1. The van der Waals surface area contributed by atoms with E-state index in [0.717, 1.165) is 17.9 Å². The molecule has 2 rings (SSSR count). The molecule has 0 aliphatic carbocycles. The maximum Gasteiger partial charge on any atom is 0.126 e. The van der Waals surface area contributed by atoms with Crippen molar-refractivity contribution >= 4 is 17.0 Å². The Balaban J connectivity index is 2.21. The van der Waals surface area contributed by atoms with Gasteiger partial charge in [-0.1, -0.05) is 13.0 Å². The summed E-state index contributed by atoms with van der Waals surface area (Å²) in [6, 6.07) is 9.00. The van der Waals surface area contributed by atoms with Crippen LogP contribution in [0, 0.1) is 13.8 Å². The average Bonchev–Trinajstić information content (AvgIpc) is 2.91. The van der Waals surface area contributed by atoms with Crippen LogP contribution in [0.4, 0.5) is 5.69 Å². The van der Waals surface area contributed by atoms with Crippen LogP contribution in [0.1, 0.15) is 40.8 Å². The molecule has 0 amide bonds. The van der Waals surface area contributed by atoms with Gasteiger partial charge in [-0.3, -0.25) is 0 Å². The molecule has 0 radical (unpaired) electrons. The zero-order valence-corrected chi connectivity index (χ0v) is 13.7. The molecular formula is C17H23NOS. The average molecular weight is 289 g/mol. The van der Waals surface area contributed by atoms with E-state index in [1.165, 1.54) is 20.9 Å². The van der Waals surface area contributed by atoms with Crippen molar-refractivity contribution in [3.8, 4) is 5.75 Å². The second kappa shape index (κ2) is 6.31. The third-order valence-electron chi connectivity index (χ3n) is 3.64. The molecule has 1 unspecified atom stereocenters. The van der Waals surface area contributed by atoms with Crippen LogP contribution in [0.5, 0.6) is 5.75 Å². The molecule has 1 aromatic carbocycles. The molecule has 1 atom stereocenters. The molecule has 2 aromatic rings. The van der Waals surface area contributed by atoms with E-state index in [-0.39, 0.29) is 0 Å². The fraction of sp³-hybridized carbons (Fsp3) is 0.412. The van der Waals surface area contributed by atoms with E-state index in [4.69, 9.17) is 4.74 Å². The number of benzene rings is 1. The lowest BCUT2D eigenvalue weighted by Gasteiger charge is -2.18. The SMILES string of the molecule is CCc1ccc(C(C)Nc2ccc(C)c(OC)c2C)s1. The van der Waals surface area contributed by atoms with E-state index in [9.17, 15) is 0 Å². The van der Waals surface area contributed by atoms with Crippen LogP contribution in [0.3, 0.4) is 0 Å². The molecular weight excluding hydrogens is 266 g/mol. The van der Waals surface area contributed by atoms with Gasteiger partial charge in [0.05, 0.1) is 13.2 Å². The van der Waals surface area contributed by atoms with Crippen molar-refractivity contribution in [2.75, 3.05) is 12.4 Å². The fourth-order valence-electron chi connectivity index (χ4n) is 2.42. The lowest BCUT2D eigenvalue weighted by Crippen LogP contribution is -2.07. The minimum absolute atomic E-state index is 0.311. The number of ether oxygens (including phenoxy) is 1. The summed E-state index contributed by atoms with van der Waals surface area (Å²) < 4.78 is 5.49. The van der Waals surface area contributed by atoms with Gasteiger partial charge in [0.1, 0.15) is 5.75 Å². The zero-order valence-electron chi connectivity index (χ0n) is 12.9. The van der Waals surface area contributed by atoms with Crippen LogP contribution in [-0.4, -0.2) is 7.11 Å². The largest absolute Gasteiger partial charge is 0.496 e. The number of methoxy groups -OCH3 is 1. The van der Waals surface area contributed by atoms with Crippen molar-refractivity contribution < 1.29 is 4.74 Å². The van der Waals surface area contributed by atoms with Gasteiger partial charge in [-0.2, -0.15) is 0 Å².